The highest BCUT2D eigenvalue weighted by Gasteiger charge is 2.26. The van der Waals surface area contributed by atoms with Crippen LogP contribution in [-0.2, 0) is 6.61 Å². The molecule has 1 atom stereocenters. The number of rotatable bonds is 4. The number of aryl methyl sites for hydroxylation is 2. The van der Waals surface area contributed by atoms with E-state index in [9.17, 15) is 0 Å². The predicted octanol–water partition coefficient (Wildman–Crippen LogP) is 5.72. The van der Waals surface area contributed by atoms with Crippen molar-refractivity contribution >= 4 is 5.69 Å². The van der Waals surface area contributed by atoms with Crippen LogP contribution in [0.1, 0.15) is 28.6 Å². The molecule has 0 saturated heterocycles. The Morgan fingerprint density at radius 1 is 0.931 bits per heavy atom. The lowest BCUT2D eigenvalue weighted by atomic mass is 10.0. The van der Waals surface area contributed by atoms with Gasteiger partial charge in [0.05, 0.1) is 11.4 Å². The average Bonchev–Trinajstić information content (AvgIpc) is 3.15. The highest BCUT2D eigenvalue weighted by Crippen LogP contribution is 2.39. The third-order valence-electron chi connectivity index (χ3n) is 5.29. The van der Waals surface area contributed by atoms with Crippen LogP contribution in [0.25, 0.3) is 11.3 Å². The van der Waals surface area contributed by atoms with E-state index in [0.29, 0.717) is 6.61 Å². The first-order chi connectivity index (χ1) is 14.2. The lowest BCUT2D eigenvalue weighted by molar-refractivity contribution is 0.306. The number of ether oxygens (including phenoxy) is 1. The molecule has 144 valence electrons. The summed E-state index contributed by atoms with van der Waals surface area (Å²) in [5.41, 5.74) is 8.05. The molecular formula is C25H23N3O. The second-order valence-corrected chi connectivity index (χ2v) is 7.55. The lowest BCUT2D eigenvalue weighted by Gasteiger charge is -2.29. The van der Waals surface area contributed by atoms with Gasteiger partial charge in [-0.05, 0) is 55.3 Å². The highest BCUT2D eigenvalue weighted by molar-refractivity contribution is 5.79. The van der Waals surface area contributed by atoms with Crippen molar-refractivity contribution in [2.24, 2.45) is 0 Å². The fourth-order valence-corrected chi connectivity index (χ4v) is 3.83. The molecule has 4 nitrogen and oxygen atoms in total. The molecule has 1 aliphatic rings. The first-order valence-corrected chi connectivity index (χ1v) is 9.88. The Morgan fingerprint density at radius 2 is 1.72 bits per heavy atom. The van der Waals surface area contributed by atoms with E-state index in [-0.39, 0.29) is 6.17 Å². The van der Waals surface area contributed by atoms with Crippen molar-refractivity contribution in [3.63, 3.8) is 0 Å². The Labute approximate surface area is 170 Å². The zero-order valence-electron chi connectivity index (χ0n) is 16.6. The summed E-state index contributed by atoms with van der Waals surface area (Å²) in [7, 11) is 0. The third kappa shape index (κ3) is 3.38. The molecular weight excluding hydrogens is 358 g/mol. The maximum absolute atomic E-state index is 5.93. The first kappa shape index (κ1) is 17.6. The molecule has 1 aromatic heterocycles. The van der Waals surface area contributed by atoms with Gasteiger partial charge in [0.1, 0.15) is 18.5 Å². The summed E-state index contributed by atoms with van der Waals surface area (Å²) >= 11 is 0. The van der Waals surface area contributed by atoms with Gasteiger partial charge in [0.15, 0.2) is 0 Å². The normalized spacial score (nSPS) is 14.6. The van der Waals surface area contributed by atoms with Crippen molar-refractivity contribution in [3.05, 3.63) is 101 Å². The minimum atomic E-state index is -0.0444. The Hall–Kier alpha value is -3.53. The van der Waals surface area contributed by atoms with E-state index in [0.717, 1.165) is 34.0 Å². The number of nitrogens with one attached hydrogen (secondary N) is 1. The minimum Gasteiger partial charge on any atom is -0.489 e. The zero-order valence-corrected chi connectivity index (χ0v) is 16.6. The standard InChI is InChI=1S/C25H23N3O/c1-17-8-13-23-22(14-17)24-15-18(2)27-28(24)25(26-23)20-9-11-21(12-10-20)29-16-19-6-4-3-5-7-19/h3-15,25-26H,16H2,1-2H3. The SMILES string of the molecule is Cc1ccc2c(c1)-c1cc(C)nn1C(c1ccc(OCc3ccccc3)cc1)N2. The van der Waals surface area contributed by atoms with Crippen LogP contribution in [-0.4, -0.2) is 9.78 Å². The molecule has 1 unspecified atom stereocenters. The molecule has 0 aliphatic carbocycles. The molecule has 4 heteroatoms. The fourth-order valence-electron chi connectivity index (χ4n) is 3.83. The molecule has 0 fully saturated rings. The third-order valence-corrected chi connectivity index (χ3v) is 5.29. The summed E-state index contributed by atoms with van der Waals surface area (Å²) in [5, 5.41) is 8.41. The molecule has 0 radical (unpaired) electrons. The monoisotopic (exact) mass is 381 g/mol. The van der Waals surface area contributed by atoms with Crippen LogP contribution in [0.3, 0.4) is 0 Å². The van der Waals surface area contributed by atoms with Gasteiger partial charge < -0.3 is 10.1 Å². The largest absolute Gasteiger partial charge is 0.489 e. The smallest absolute Gasteiger partial charge is 0.147 e. The van der Waals surface area contributed by atoms with Crippen molar-refractivity contribution in [1.29, 1.82) is 0 Å². The van der Waals surface area contributed by atoms with Crippen molar-refractivity contribution in [2.45, 2.75) is 26.6 Å². The molecule has 2 heterocycles. The molecule has 3 aromatic carbocycles. The molecule has 0 amide bonds. The minimum absolute atomic E-state index is 0.0444. The van der Waals surface area contributed by atoms with Crippen molar-refractivity contribution < 1.29 is 4.74 Å². The van der Waals surface area contributed by atoms with Crippen molar-refractivity contribution in [2.75, 3.05) is 5.32 Å². The van der Waals surface area contributed by atoms with Crippen molar-refractivity contribution in [3.8, 4) is 17.0 Å². The highest BCUT2D eigenvalue weighted by atomic mass is 16.5. The van der Waals surface area contributed by atoms with Gasteiger partial charge in [0, 0.05) is 11.3 Å². The lowest BCUT2D eigenvalue weighted by Crippen LogP contribution is -2.25. The first-order valence-electron chi connectivity index (χ1n) is 9.88. The Morgan fingerprint density at radius 3 is 2.52 bits per heavy atom. The maximum atomic E-state index is 5.93. The Kier molecular flexibility index (Phi) is 4.32. The molecule has 0 spiro atoms. The zero-order chi connectivity index (χ0) is 19.8. The van der Waals surface area contributed by atoms with E-state index >= 15 is 0 Å². The van der Waals surface area contributed by atoms with Crippen molar-refractivity contribution in [1.82, 2.24) is 9.78 Å². The van der Waals surface area contributed by atoms with Gasteiger partial charge in [-0.2, -0.15) is 5.10 Å². The molecule has 4 aromatic rings. The average molecular weight is 381 g/mol. The number of nitrogens with zero attached hydrogens (tertiary/aromatic N) is 2. The van der Waals surface area contributed by atoms with Gasteiger partial charge in [-0.15, -0.1) is 0 Å². The van der Waals surface area contributed by atoms with Crippen LogP contribution in [0.15, 0.2) is 78.9 Å². The summed E-state index contributed by atoms with van der Waals surface area (Å²) in [4.78, 5) is 0. The molecule has 5 rings (SSSR count). The summed E-state index contributed by atoms with van der Waals surface area (Å²) in [6.07, 6.45) is -0.0444. The van der Waals surface area contributed by atoms with Crippen LogP contribution >= 0.6 is 0 Å². The number of fused-ring (bicyclic) bond motifs is 3. The molecule has 0 saturated carbocycles. The van der Waals surface area contributed by atoms with E-state index in [1.807, 2.05) is 37.3 Å². The van der Waals surface area contributed by atoms with Crippen LogP contribution in [0, 0.1) is 13.8 Å². The van der Waals surface area contributed by atoms with E-state index in [2.05, 4.69) is 65.5 Å². The predicted molar refractivity (Wildman–Crippen MR) is 116 cm³/mol. The Bertz CT molecular complexity index is 1150. The Balaban J connectivity index is 1.41. The summed E-state index contributed by atoms with van der Waals surface area (Å²) < 4.78 is 8.01. The quantitative estimate of drug-likeness (QED) is 0.491. The van der Waals surface area contributed by atoms with Gasteiger partial charge in [-0.1, -0.05) is 54.1 Å². The van der Waals surface area contributed by atoms with E-state index in [1.54, 1.807) is 0 Å². The summed E-state index contributed by atoms with van der Waals surface area (Å²) in [5.74, 6) is 0.862. The van der Waals surface area contributed by atoms with Gasteiger partial charge in [0.25, 0.3) is 0 Å². The van der Waals surface area contributed by atoms with Crippen LogP contribution in [0.5, 0.6) is 5.75 Å². The van der Waals surface area contributed by atoms with E-state index in [4.69, 9.17) is 9.84 Å². The fraction of sp³-hybridized carbons (Fsp3) is 0.160. The number of hydrogen-bond donors (Lipinski definition) is 1. The van der Waals surface area contributed by atoms with Gasteiger partial charge in [-0.25, -0.2) is 4.68 Å². The number of aromatic nitrogens is 2. The summed E-state index contributed by atoms with van der Waals surface area (Å²) in [6, 6.07) is 27.1. The number of anilines is 1. The second kappa shape index (κ2) is 7.13. The van der Waals surface area contributed by atoms with E-state index < -0.39 is 0 Å². The van der Waals surface area contributed by atoms with Crippen LogP contribution in [0.2, 0.25) is 0 Å². The van der Waals surface area contributed by atoms with Gasteiger partial charge in [0.2, 0.25) is 0 Å². The van der Waals surface area contributed by atoms with E-state index in [1.165, 1.54) is 11.1 Å². The molecule has 0 bridgehead atoms. The van der Waals surface area contributed by atoms with Crippen LogP contribution < -0.4 is 10.1 Å². The molecule has 29 heavy (non-hydrogen) atoms. The number of hydrogen-bond acceptors (Lipinski definition) is 3. The molecule has 1 N–H and O–H groups in total. The second-order valence-electron chi connectivity index (χ2n) is 7.55. The topological polar surface area (TPSA) is 39.1 Å². The van der Waals surface area contributed by atoms with Gasteiger partial charge in [-0.3, -0.25) is 0 Å². The molecule has 1 aliphatic heterocycles. The maximum Gasteiger partial charge on any atom is 0.147 e. The van der Waals surface area contributed by atoms with Crippen LogP contribution in [0.4, 0.5) is 5.69 Å². The van der Waals surface area contributed by atoms with Gasteiger partial charge >= 0.3 is 0 Å². The summed E-state index contributed by atoms with van der Waals surface area (Å²) in [6.45, 7) is 4.73. The number of benzene rings is 3.